The zero-order valence-corrected chi connectivity index (χ0v) is 15.6. The Kier molecular flexibility index (Phi) is 3.92. The summed E-state index contributed by atoms with van der Waals surface area (Å²) in [4.78, 5) is 24.8. The first kappa shape index (κ1) is 16.4. The molecule has 2 N–H and O–H groups in total. The van der Waals surface area contributed by atoms with Gasteiger partial charge in [-0.05, 0) is 74.6 Å². The van der Waals surface area contributed by atoms with Crippen molar-refractivity contribution in [3.8, 4) is 0 Å². The van der Waals surface area contributed by atoms with Crippen LogP contribution in [0.4, 0.5) is 0 Å². The number of halogens is 2. The standard InChI is InChI=1S/C18H20BrClN2O2/c19-14-3-1-13(2-4-14)15(23)21-22-16(24)17-6-11-5-12(7-17)9-18(20,8-11)10-17/h1-4,11-12H,5-10H2,(H,21,23)(H,22,24)/t11-,12-,17?,18?/m1/s1. The first-order valence-electron chi connectivity index (χ1n) is 8.43. The molecule has 24 heavy (non-hydrogen) atoms. The number of hydrazine groups is 1. The van der Waals surface area contributed by atoms with Gasteiger partial charge in [0.25, 0.3) is 5.91 Å². The summed E-state index contributed by atoms with van der Waals surface area (Å²) in [5.41, 5.74) is 5.33. The number of hydrogen-bond donors (Lipinski definition) is 2. The van der Waals surface area contributed by atoms with E-state index in [9.17, 15) is 9.59 Å². The van der Waals surface area contributed by atoms with E-state index in [-0.39, 0.29) is 16.7 Å². The summed E-state index contributed by atoms with van der Waals surface area (Å²) >= 11 is 10.1. The van der Waals surface area contributed by atoms with Crippen molar-refractivity contribution in [3.05, 3.63) is 34.3 Å². The second-order valence-corrected chi connectivity index (χ2v) is 9.52. The molecule has 0 aromatic heterocycles. The van der Waals surface area contributed by atoms with Crippen LogP contribution in [-0.2, 0) is 4.79 Å². The number of nitrogens with one attached hydrogen (secondary N) is 2. The molecule has 2 atom stereocenters. The molecular weight excluding hydrogens is 392 g/mol. The number of benzene rings is 1. The van der Waals surface area contributed by atoms with E-state index in [0.29, 0.717) is 17.4 Å². The first-order valence-corrected chi connectivity index (χ1v) is 9.60. The smallest absolute Gasteiger partial charge is 0.269 e. The Morgan fingerprint density at radius 1 is 1.04 bits per heavy atom. The normalized spacial score (nSPS) is 36.4. The van der Waals surface area contributed by atoms with Gasteiger partial charge in [0.05, 0.1) is 5.41 Å². The summed E-state index contributed by atoms with van der Waals surface area (Å²) in [6.45, 7) is 0. The van der Waals surface area contributed by atoms with Gasteiger partial charge in [0.1, 0.15) is 0 Å². The van der Waals surface area contributed by atoms with Gasteiger partial charge in [-0.2, -0.15) is 0 Å². The van der Waals surface area contributed by atoms with Gasteiger partial charge in [-0.3, -0.25) is 20.4 Å². The molecule has 0 unspecified atom stereocenters. The third-order valence-corrected chi connectivity index (χ3v) is 6.84. The minimum Gasteiger partial charge on any atom is -0.273 e. The van der Waals surface area contributed by atoms with Gasteiger partial charge in [0, 0.05) is 14.9 Å². The molecule has 5 rings (SSSR count). The van der Waals surface area contributed by atoms with E-state index < -0.39 is 5.41 Å². The average Bonchev–Trinajstić information content (AvgIpc) is 2.50. The van der Waals surface area contributed by atoms with Crippen LogP contribution in [0.1, 0.15) is 48.9 Å². The van der Waals surface area contributed by atoms with Gasteiger partial charge in [-0.1, -0.05) is 15.9 Å². The maximum atomic E-state index is 12.8. The molecule has 4 saturated carbocycles. The van der Waals surface area contributed by atoms with E-state index in [1.807, 2.05) is 0 Å². The third kappa shape index (κ3) is 2.86. The summed E-state index contributed by atoms with van der Waals surface area (Å²) < 4.78 is 0.907. The van der Waals surface area contributed by atoms with E-state index in [0.717, 1.165) is 36.6 Å². The minimum atomic E-state index is -0.404. The number of hydrogen-bond acceptors (Lipinski definition) is 2. The fraction of sp³-hybridized carbons (Fsp3) is 0.556. The van der Waals surface area contributed by atoms with E-state index in [4.69, 9.17) is 11.6 Å². The number of rotatable bonds is 2. The predicted octanol–water partition coefficient (Wildman–Crippen LogP) is 3.79. The lowest BCUT2D eigenvalue weighted by Crippen LogP contribution is -2.60. The maximum Gasteiger partial charge on any atom is 0.269 e. The Hall–Kier alpha value is -1.07. The van der Waals surface area contributed by atoms with Crippen molar-refractivity contribution in [2.45, 2.75) is 43.4 Å². The molecule has 0 radical (unpaired) electrons. The van der Waals surface area contributed by atoms with Crippen LogP contribution in [0.15, 0.2) is 28.7 Å². The Balaban J connectivity index is 1.43. The van der Waals surface area contributed by atoms with Crippen LogP contribution in [0, 0.1) is 17.3 Å². The molecule has 4 fully saturated rings. The topological polar surface area (TPSA) is 58.2 Å². The van der Waals surface area contributed by atoms with Crippen molar-refractivity contribution < 1.29 is 9.59 Å². The molecule has 4 nitrogen and oxygen atoms in total. The lowest BCUT2D eigenvalue weighted by molar-refractivity contribution is -0.145. The summed E-state index contributed by atoms with van der Waals surface area (Å²) in [6, 6.07) is 7.02. The Labute approximate surface area is 154 Å². The van der Waals surface area contributed by atoms with Crippen LogP contribution in [0.3, 0.4) is 0 Å². The van der Waals surface area contributed by atoms with Crippen LogP contribution in [-0.4, -0.2) is 16.7 Å². The molecule has 6 heteroatoms. The second-order valence-electron chi connectivity index (χ2n) is 7.81. The fourth-order valence-corrected chi connectivity index (χ4v) is 6.29. The van der Waals surface area contributed by atoms with Gasteiger partial charge in [0.15, 0.2) is 0 Å². The summed E-state index contributed by atoms with van der Waals surface area (Å²) in [7, 11) is 0. The molecule has 2 amide bonds. The second kappa shape index (κ2) is 5.73. The zero-order valence-electron chi connectivity index (χ0n) is 13.3. The molecule has 0 heterocycles. The van der Waals surface area contributed by atoms with Gasteiger partial charge in [0.2, 0.25) is 5.91 Å². The fourth-order valence-electron chi connectivity index (χ4n) is 5.34. The van der Waals surface area contributed by atoms with E-state index >= 15 is 0 Å². The minimum absolute atomic E-state index is 0.0768. The molecule has 0 aliphatic heterocycles. The van der Waals surface area contributed by atoms with Crippen molar-refractivity contribution in [2.75, 3.05) is 0 Å². The van der Waals surface area contributed by atoms with Crippen LogP contribution in [0.5, 0.6) is 0 Å². The van der Waals surface area contributed by atoms with Crippen molar-refractivity contribution >= 4 is 39.3 Å². The van der Waals surface area contributed by atoms with Gasteiger partial charge in [-0.25, -0.2) is 0 Å². The highest BCUT2D eigenvalue weighted by molar-refractivity contribution is 9.10. The monoisotopic (exact) mass is 410 g/mol. The predicted molar refractivity (Wildman–Crippen MR) is 95.4 cm³/mol. The number of alkyl halides is 1. The molecule has 4 aliphatic rings. The largest absolute Gasteiger partial charge is 0.273 e. The average molecular weight is 412 g/mol. The van der Waals surface area contributed by atoms with Crippen molar-refractivity contribution in [2.24, 2.45) is 17.3 Å². The van der Waals surface area contributed by atoms with Crippen LogP contribution in [0.2, 0.25) is 0 Å². The highest BCUT2D eigenvalue weighted by atomic mass is 79.9. The number of carbonyl (C=O) groups excluding carboxylic acids is 2. The molecular formula is C18H20BrClN2O2. The van der Waals surface area contributed by atoms with Crippen LogP contribution >= 0.6 is 27.5 Å². The lowest BCUT2D eigenvalue weighted by Gasteiger charge is -2.59. The molecule has 0 spiro atoms. The van der Waals surface area contributed by atoms with Gasteiger partial charge in [-0.15, -0.1) is 11.6 Å². The third-order valence-electron chi connectivity index (χ3n) is 5.87. The Bertz CT molecular complexity index is 677. The SMILES string of the molecule is O=C(NNC(=O)C12C[C@H]3C[C@@H](CC(Cl)(C3)C1)C2)c1ccc(Br)cc1. The Morgan fingerprint density at radius 2 is 1.67 bits per heavy atom. The van der Waals surface area contributed by atoms with Gasteiger partial charge < -0.3 is 0 Å². The Morgan fingerprint density at radius 3 is 2.25 bits per heavy atom. The molecule has 128 valence electrons. The summed E-state index contributed by atoms with van der Waals surface area (Å²) in [5.74, 6) is 0.724. The number of carbonyl (C=O) groups is 2. The van der Waals surface area contributed by atoms with E-state index in [2.05, 4.69) is 26.8 Å². The quantitative estimate of drug-likeness (QED) is 0.574. The highest BCUT2D eigenvalue weighted by Gasteiger charge is 2.60. The maximum absolute atomic E-state index is 12.8. The summed E-state index contributed by atoms with van der Waals surface area (Å²) in [6.07, 6.45) is 5.80. The van der Waals surface area contributed by atoms with E-state index in [1.165, 1.54) is 6.42 Å². The number of amides is 2. The molecule has 1 aromatic rings. The van der Waals surface area contributed by atoms with Crippen LogP contribution in [0.25, 0.3) is 0 Å². The van der Waals surface area contributed by atoms with Crippen molar-refractivity contribution in [1.29, 1.82) is 0 Å². The van der Waals surface area contributed by atoms with Gasteiger partial charge >= 0.3 is 0 Å². The first-order chi connectivity index (χ1) is 11.4. The zero-order chi connectivity index (χ0) is 16.9. The highest BCUT2D eigenvalue weighted by Crippen LogP contribution is 2.63. The van der Waals surface area contributed by atoms with Crippen molar-refractivity contribution in [3.63, 3.8) is 0 Å². The molecule has 1 aromatic carbocycles. The van der Waals surface area contributed by atoms with Crippen molar-refractivity contribution in [1.82, 2.24) is 10.9 Å². The molecule has 0 saturated heterocycles. The molecule has 4 bridgehead atoms. The van der Waals surface area contributed by atoms with Crippen LogP contribution < -0.4 is 10.9 Å². The molecule has 4 aliphatic carbocycles. The lowest BCUT2D eigenvalue weighted by atomic mass is 9.49. The summed E-state index contributed by atoms with van der Waals surface area (Å²) in [5, 5.41) is 0. The van der Waals surface area contributed by atoms with E-state index in [1.54, 1.807) is 24.3 Å².